The first-order chi connectivity index (χ1) is 5.70. The van der Waals surface area contributed by atoms with Crippen molar-refractivity contribution < 1.29 is 4.79 Å². The third kappa shape index (κ3) is 1.82. The van der Waals surface area contributed by atoms with E-state index in [4.69, 9.17) is 23.2 Å². The summed E-state index contributed by atoms with van der Waals surface area (Å²) in [5.41, 5.74) is 0.766. The lowest BCUT2D eigenvalue weighted by atomic mass is 10.1. The molecule has 2 nitrogen and oxygen atoms in total. The Balaban J connectivity index is 2.71. The molecule has 0 fully saturated rings. The van der Waals surface area contributed by atoms with E-state index >= 15 is 0 Å². The second kappa shape index (κ2) is 4.26. The van der Waals surface area contributed by atoms with Crippen molar-refractivity contribution in [3.8, 4) is 0 Å². The molecule has 1 aliphatic rings. The fraction of sp³-hybridized carbons (Fsp3) is 0.625. The van der Waals surface area contributed by atoms with Crippen LogP contribution < -0.4 is 0 Å². The van der Waals surface area contributed by atoms with E-state index in [9.17, 15) is 4.79 Å². The first kappa shape index (κ1) is 10.0. The maximum absolute atomic E-state index is 11.2. The van der Waals surface area contributed by atoms with Gasteiger partial charge in [0.1, 0.15) is 0 Å². The van der Waals surface area contributed by atoms with E-state index in [1.54, 1.807) is 0 Å². The third-order valence-electron chi connectivity index (χ3n) is 2.08. The van der Waals surface area contributed by atoms with Gasteiger partial charge in [0.05, 0.1) is 11.9 Å². The van der Waals surface area contributed by atoms with E-state index in [0.717, 1.165) is 12.1 Å². The number of nitrogens with zero attached hydrogens (tertiary/aromatic N) is 1. The van der Waals surface area contributed by atoms with Crippen LogP contribution in [0, 0.1) is 0 Å². The van der Waals surface area contributed by atoms with Gasteiger partial charge in [0.25, 0.3) is 0 Å². The minimum atomic E-state index is -0.00772. The number of ketones is 1. The van der Waals surface area contributed by atoms with E-state index in [-0.39, 0.29) is 17.7 Å². The largest absolute Gasteiger partial charge is 0.294 e. The lowest BCUT2D eigenvalue weighted by molar-refractivity contribution is -0.113. The Morgan fingerprint density at radius 1 is 1.75 bits per heavy atom. The summed E-state index contributed by atoms with van der Waals surface area (Å²) in [6.45, 7) is 0.787. The van der Waals surface area contributed by atoms with Crippen LogP contribution in [0.4, 0.5) is 0 Å². The van der Waals surface area contributed by atoms with Crippen molar-refractivity contribution >= 4 is 29.0 Å². The van der Waals surface area contributed by atoms with Crippen molar-refractivity contribution in [3.63, 3.8) is 0 Å². The molecule has 0 aromatic heterocycles. The minimum absolute atomic E-state index is 0.00772. The van der Waals surface area contributed by atoms with Gasteiger partial charge in [-0.15, -0.1) is 23.2 Å². The number of carbonyl (C=O) groups excluding carboxylic acids is 1. The number of carbonyl (C=O) groups is 1. The molecule has 12 heavy (non-hydrogen) atoms. The summed E-state index contributed by atoms with van der Waals surface area (Å²) < 4.78 is 0. The molecule has 0 amide bonds. The van der Waals surface area contributed by atoms with Crippen molar-refractivity contribution in [2.45, 2.75) is 6.04 Å². The summed E-state index contributed by atoms with van der Waals surface area (Å²) in [5, 5.41) is 0. The predicted molar refractivity (Wildman–Crippen MR) is 50.9 cm³/mol. The van der Waals surface area contributed by atoms with E-state index in [1.165, 1.54) is 0 Å². The van der Waals surface area contributed by atoms with E-state index in [2.05, 4.69) is 0 Å². The molecule has 0 N–H and O–H groups in total. The molecule has 0 radical (unpaired) electrons. The minimum Gasteiger partial charge on any atom is -0.294 e. The molecular weight excluding hydrogens is 197 g/mol. The Morgan fingerprint density at radius 3 is 2.92 bits per heavy atom. The van der Waals surface area contributed by atoms with Crippen molar-refractivity contribution in [3.05, 3.63) is 11.6 Å². The van der Waals surface area contributed by atoms with Crippen molar-refractivity contribution in [1.29, 1.82) is 0 Å². The maximum Gasteiger partial charge on any atom is 0.174 e. The van der Waals surface area contributed by atoms with Crippen LogP contribution in [0.2, 0.25) is 0 Å². The van der Waals surface area contributed by atoms with Crippen LogP contribution in [0.3, 0.4) is 0 Å². The highest BCUT2D eigenvalue weighted by atomic mass is 35.5. The van der Waals surface area contributed by atoms with Crippen molar-refractivity contribution in [1.82, 2.24) is 4.90 Å². The van der Waals surface area contributed by atoms with E-state index < -0.39 is 0 Å². The number of halogens is 2. The molecule has 0 bridgehead atoms. The summed E-state index contributed by atoms with van der Waals surface area (Å²) >= 11 is 11.2. The molecule has 0 aromatic carbocycles. The monoisotopic (exact) mass is 207 g/mol. The molecule has 1 aliphatic heterocycles. The van der Waals surface area contributed by atoms with Crippen LogP contribution in [-0.2, 0) is 4.79 Å². The van der Waals surface area contributed by atoms with Crippen LogP contribution >= 0.6 is 23.2 Å². The van der Waals surface area contributed by atoms with E-state index in [0.29, 0.717) is 5.88 Å². The fourth-order valence-electron chi connectivity index (χ4n) is 1.32. The second-order valence-electron chi connectivity index (χ2n) is 2.83. The molecule has 1 rings (SSSR count). The van der Waals surface area contributed by atoms with Gasteiger partial charge in [0, 0.05) is 18.0 Å². The number of likely N-dealkylation sites (N-methyl/N-ethyl adjacent to an activating group) is 1. The van der Waals surface area contributed by atoms with Gasteiger partial charge < -0.3 is 0 Å². The average molecular weight is 208 g/mol. The molecule has 0 unspecified atom stereocenters. The zero-order valence-corrected chi connectivity index (χ0v) is 8.40. The van der Waals surface area contributed by atoms with Crippen molar-refractivity contribution in [2.75, 3.05) is 25.4 Å². The number of rotatable bonds is 3. The zero-order valence-electron chi connectivity index (χ0n) is 6.89. The lowest BCUT2D eigenvalue weighted by Gasteiger charge is -2.19. The number of hydrogen-bond acceptors (Lipinski definition) is 2. The molecule has 1 atom stereocenters. The standard InChI is InChI=1S/C8H11Cl2NO/c1-11-3-2-6(7(11)4-9)8(12)5-10/h2,7H,3-5H2,1H3/t7-/m1/s1. The summed E-state index contributed by atoms with van der Waals surface area (Å²) in [7, 11) is 1.94. The number of Topliss-reactive ketones (excluding diaryl/α,β-unsaturated/α-hetero) is 1. The first-order valence-electron chi connectivity index (χ1n) is 3.76. The van der Waals surface area contributed by atoms with Crippen LogP contribution in [0.15, 0.2) is 11.6 Å². The first-order valence-corrected chi connectivity index (χ1v) is 4.83. The van der Waals surface area contributed by atoms with Crippen LogP contribution in [0.25, 0.3) is 0 Å². The van der Waals surface area contributed by atoms with Gasteiger partial charge in [-0.05, 0) is 7.05 Å². The summed E-state index contributed by atoms with van der Waals surface area (Å²) in [6.07, 6.45) is 1.90. The van der Waals surface area contributed by atoms with Crippen LogP contribution in [-0.4, -0.2) is 42.1 Å². The number of hydrogen-bond donors (Lipinski definition) is 0. The molecule has 0 saturated heterocycles. The highest BCUT2D eigenvalue weighted by Crippen LogP contribution is 2.19. The topological polar surface area (TPSA) is 20.3 Å². The van der Waals surface area contributed by atoms with E-state index in [1.807, 2.05) is 18.0 Å². The lowest BCUT2D eigenvalue weighted by Crippen LogP contribution is -2.32. The summed E-state index contributed by atoms with van der Waals surface area (Å²) in [5.74, 6) is 0.490. The van der Waals surface area contributed by atoms with Crippen LogP contribution in [0.5, 0.6) is 0 Å². The van der Waals surface area contributed by atoms with Gasteiger partial charge in [-0.3, -0.25) is 9.69 Å². The molecule has 68 valence electrons. The zero-order chi connectivity index (χ0) is 9.14. The molecule has 0 spiro atoms. The molecule has 0 aliphatic carbocycles. The van der Waals surface area contributed by atoms with Crippen LogP contribution in [0.1, 0.15) is 0 Å². The second-order valence-corrected chi connectivity index (χ2v) is 3.40. The Labute approximate surface area is 82.1 Å². The molecule has 1 heterocycles. The predicted octanol–water partition coefficient (Wildman–Crippen LogP) is 1.27. The smallest absolute Gasteiger partial charge is 0.174 e. The van der Waals surface area contributed by atoms with Gasteiger partial charge in [-0.25, -0.2) is 0 Å². The Kier molecular flexibility index (Phi) is 3.56. The van der Waals surface area contributed by atoms with Gasteiger partial charge in [0.2, 0.25) is 0 Å². The highest BCUT2D eigenvalue weighted by molar-refractivity contribution is 6.30. The average Bonchev–Trinajstić information content (AvgIpc) is 2.45. The molecule has 0 aromatic rings. The normalized spacial score (nSPS) is 24.2. The Morgan fingerprint density at radius 2 is 2.42 bits per heavy atom. The molecule has 0 saturated carbocycles. The van der Waals surface area contributed by atoms with Gasteiger partial charge in [-0.2, -0.15) is 0 Å². The highest BCUT2D eigenvalue weighted by Gasteiger charge is 2.27. The van der Waals surface area contributed by atoms with Crippen molar-refractivity contribution in [2.24, 2.45) is 0 Å². The Hall–Kier alpha value is -0.0500. The van der Waals surface area contributed by atoms with Gasteiger partial charge in [-0.1, -0.05) is 6.08 Å². The van der Waals surface area contributed by atoms with Gasteiger partial charge in [0.15, 0.2) is 5.78 Å². The SMILES string of the molecule is CN1CC=C(C(=O)CCl)[C@H]1CCl. The molecular formula is C8H11Cl2NO. The number of alkyl halides is 2. The third-order valence-corrected chi connectivity index (χ3v) is 2.61. The summed E-state index contributed by atoms with van der Waals surface area (Å²) in [4.78, 5) is 13.3. The van der Waals surface area contributed by atoms with Gasteiger partial charge >= 0.3 is 0 Å². The quantitative estimate of drug-likeness (QED) is 0.651. The fourth-order valence-corrected chi connectivity index (χ4v) is 1.88. The molecule has 4 heteroatoms. The summed E-state index contributed by atoms with van der Waals surface area (Å²) in [6, 6.07) is 0.0536. The Bertz CT molecular complexity index is 215. The maximum atomic E-state index is 11.2.